The zero-order chi connectivity index (χ0) is 11.3. The number of methoxy groups -OCH3 is 1. The molecule has 0 aliphatic carbocycles. The average Bonchev–Trinajstić information content (AvgIpc) is 2.26. The molecule has 1 amide bonds. The number of rotatable bonds is 4. The molecule has 0 bridgehead atoms. The topological polar surface area (TPSA) is 50.4 Å². The Morgan fingerprint density at radius 1 is 1.53 bits per heavy atom. The van der Waals surface area contributed by atoms with Crippen molar-refractivity contribution >= 4 is 5.91 Å². The monoisotopic (exact) mass is 214 g/mol. The van der Waals surface area contributed by atoms with Crippen molar-refractivity contribution < 1.29 is 9.53 Å². The summed E-state index contributed by atoms with van der Waals surface area (Å²) < 4.78 is 4.96. The highest BCUT2D eigenvalue weighted by atomic mass is 16.5. The zero-order valence-corrected chi connectivity index (χ0v) is 9.93. The minimum Gasteiger partial charge on any atom is -0.372 e. The summed E-state index contributed by atoms with van der Waals surface area (Å²) in [7, 11) is 1.55. The lowest BCUT2D eigenvalue weighted by Gasteiger charge is -2.34. The molecule has 1 heterocycles. The lowest BCUT2D eigenvalue weighted by molar-refractivity contribution is -0.130. The van der Waals surface area contributed by atoms with E-state index in [-0.39, 0.29) is 17.4 Å². The van der Waals surface area contributed by atoms with Gasteiger partial charge < -0.3 is 15.4 Å². The molecule has 88 valence electrons. The van der Waals surface area contributed by atoms with Crippen LogP contribution in [-0.2, 0) is 9.53 Å². The number of amides is 1. The summed E-state index contributed by atoms with van der Waals surface area (Å²) in [5.74, 6) is -0.0164. The fraction of sp³-hybridized carbons (Fsp3) is 0.909. The lowest BCUT2D eigenvalue weighted by atomic mass is 9.81. The van der Waals surface area contributed by atoms with Crippen LogP contribution in [0.3, 0.4) is 0 Å². The molecule has 0 aromatic heterocycles. The largest absolute Gasteiger partial charge is 0.372 e. The number of piperidine rings is 1. The van der Waals surface area contributed by atoms with Gasteiger partial charge in [-0.2, -0.15) is 0 Å². The summed E-state index contributed by atoms with van der Waals surface area (Å²) >= 11 is 0. The van der Waals surface area contributed by atoms with E-state index in [1.165, 1.54) is 0 Å². The van der Waals surface area contributed by atoms with Crippen molar-refractivity contribution in [3.8, 4) is 0 Å². The Labute approximate surface area is 91.8 Å². The standard InChI is InChI=1S/C11H22N2O2/c1-9(15-3)10(14)13-8-11(2)4-6-12-7-5-11/h9,12H,4-8H2,1-3H3,(H,13,14). The summed E-state index contributed by atoms with van der Waals surface area (Å²) in [6, 6.07) is 0. The van der Waals surface area contributed by atoms with E-state index in [1.807, 2.05) is 0 Å². The van der Waals surface area contributed by atoms with Gasteiger partial charge in [-0.25, -0.2) is 0 Å². The van der Waals surface area contributed by atoms with E-state index in [0.29, 0.717) is 0 Å². The summed E-state index contributed by atoms with van der Waals surface area (Å²) in [6.45, 7) is 6.84. The molecular formula is C11H22N2O2. The number of carbonyl (C=O) groups excluding carboxylic acids is 1. The SMILES string of the molecule is COC(C)C(=O)NCC1(C)CCNCC1. The highest BCUT2D eigenvalue weighted by Crippen LogP contribution is 2.26. The van der Waals surface area contributed by atoms with Gasteiger partial charge in [0.2, 0.25) is 5.91 Å². The minimum atomic E-state index is -0.352. The molecule has 4 heteroatoms. The maximum Gasteiger partial charge on any atom is 0.248 e. The van der Waals surface area contributed by atoms with Crippen molar-refractivity contribution in [2.75, 3.05) is 26.7 Å². The summed E-state index contributed by atoms with van der Waals surface area (Å²) in [5.41, 5.74) is 0.244. The van der Waals surface area contributed by atoms with Gasteiger partial charge in [0, 0.05) is 13.7 Å². The number of hydrogen-bond donors (Lipinski definition) is 2. The molecule has 1 fully saturated rings. The van der Waals surface area contributed by atoms with Crippen LogP contribution in [-0.4, -0.2) is 38.8 Å². The van der Waals surface area contributed by atoms with Gasteiger partial charge in [0.25, 0.3) is 0 Å². The summed E-state index contributed by atoms with van der Waals surface area (Å²) in [4.78, 5) is 11.5. The first-order valence-corrected chi connectivity index (χ1v) is 5.59. The maximum absolute atomic E-state index is 11.5. The van der Waals surface area contributed by atoms with E-state index in [2.05, 4.69) is 17.6 Å². The molecule has 1 aliphatic rings. The molecule has 0 aromatic rings. The lowest BCUT2D eigenvalue weighted by Crippen LogP contribution is -2.45. The Morgan fingerprint density at radius 3 is 2.67 bits per heavy atom. The molecule has 0 aromatic carbocycles. The molecule has 2 N–H and O–H groups in total. The first-order valence-electron chi connectivity index (χ1n) is 5.59. The molecule has 1 rings (SSSR count). The molecule has 1 aliphatic heterocycles. The van der Waals surface area contributed by atoms with Gasteiger partial charge in [-0.3, -0.25) is 4.79 Å². The third-order valence-corrected chi connectivity index (χ3v) is 3.22. The highest BCUT2D eigenvalue weighted by molar-refractivity contribution is 5.80. The Morgan fingerprint density at radius 2 is 2.13 bits per heavy atom. The predicted molar refractivity (Wildman–Crippen MR) is 59.7 cm³/mol. The Bertz CT molecular complexity index is 213. The van der Waals surface area contributed by atoms with E-state index in [4.69, 9.17) is 4.74 Å². The summed E-state index contributed by atoms with van der Waals surface area (Å²) in [5, 5.41) is 6.28. The second-order valence-electron chi connectivity index (χ2n) is 4.66. The molecule has 0 saturated carbocycles. The first kappa shape index (κ1) is 12.5. The van der Waals surface area contributed by atoms with Crippen LogP contribution in [0.25, 0.3) is 0 Å². The quantitative estimate of drug-likeness (QED) is 0.717. The normalized spacial score (nSPS) is 22.1. The predicted octanol–water partition coefficient (Wildman–Crippen LogP) is 0.527. The minimum absolute atomic E-state index is 0.0164. The Kier molecular flexibility index (Phi) is 4.54. The van der Waals surface area contributed by atoms with E-state index in [1.54, 1.807) is 14.0 Å². The van der Waals surface area contributed by atoms with Gasteiger partial charge in [-0.05, 0) is 38.3 Å². The zero-order valence-electron chi connectivity index (χ0n) is 9.93. The third-order valence-electron chi connectivity index (χ3n) is 3.22. The molecule has 1 unspecified atom stereocenters. The summed E-state index contributed by atoms with van der Waals surface area (Å²) in [6.07, 6.45) is 1.89. The molecular weight excluding hydrogens is 192 g/mol. The van der Waals surface area contributed by atoms with Crippen molar-refractivity contribution in [2.45, 2.75) is 32.8 Å². The smallest absolute Gasteiger partial charge is 0.248 e. The van der Waals surface area contributed by atoms with Crippen LogP contribution in [0.15, 0.2) is 0 Å². The van der Waals surface area contributed by atoms with Crippen molar-refractivity contribution in [1.29, 1.82) is 0 Å². The van der Waals surface area contributed by atoms with Gasteiger partial charge in [0.15, 0.2) is 0 Å². The van der Waals surface area contributed by atoms with Crippen LogP contribution in [0, 0.1) is 5.41 Å². The number of carbonyl (C=O) groups is 1. The average molecular weight is 214 g/mol. The van der Waals surface area contributed by atoms with Crippen LogP contribution in [0.2, 0.25) is 0 Å². The Hall–Kier alpha value is -0.610. The number of hydrogen-bond acceptors (Lipinski definition) is 3. The Balaban J connectivity index is 2.31. The molecule has 1 atom stereocenters. The number of nitrogens with one attached hydrogen (secondary N) is 2. The van der Waals surface area contributed by atoms with Crippen LogP contribution in [0.1, 0.15) is 26.7 Å². The first-order chi connectivity index (χ1) is 7.07. The molecule has 1 saturated heterocycles. The van der Waals surface area contributed by atoms with Gasteiger partial charge in [0.05, 0.1) is 0 Å². The van der Waals surface area contributed by atoms with Crippen molar-refractivity contribution in [3.63, 3.8) is 0 Å². The fourth-order valence-corrected chi connectivity index (χ4v) is 1.76. The van der Waals surface area contributed by atoms with E-state index >= 15 is 0 Å². The number of ether oxygens (including phenoxy) is 1. The van der Waals surface area contributed by atoms with Gasteiger partial charge in [-0.1, -0.05) is 6.92 Å². The van der Waals surface area contributed by atoms with Crippen LogP contribution >= 0.6 is 0 Å². The highest BCUT2D eigenvalue weighted by Gasteiger charge is 2.27. The molecule has 0 radical (unpaired) electrons. The second-order valence-corrected chi connectivity index (χ2v) is 4.66. The van der Waals surface area contributed by atoms with E-state index in [9.17, 15) is 4.79 Å². The van der Waals surface area contributed by atoms with Crippen LogP contribution in [0.5, 0.6) is 0 Å². The van der Waals surface area contributed by atoms with Crippen molar-refractivity contribution in [3.05, 3.63) is 0 Å². The third kappa shape index (κ3) is 3.80. The second kappa shape index (κ2) is 5.47. The van der Waals surface area contributed by atoms with E-state index < -0.39 is 0 Å². The van der Waals surface area contributed by atoms with Crippen molar-refractivity contribution in [1.82, 2.24) is 10.6 Å². The molecule has 0 spiro atoms. The fourth-order valence-electron chi connectivity index (χ4n) is 1.76. The molecule has 15 heavy (non-hydrogen) atoms. The maximum atomic E-state index is 11.5. The van der Waals surface area contributed by atoms with Crippen LogP contribution in [0.4, 0.5) is 0 Å². The van der Waals surface area contributed by atoms with Crippen LogP contribution < -0.4 is 10.6 Å². The van der Waals surface area contributed by atoms with Gasteiger partial charge in [-0.15, -0.1) is 0 Å². The van der Waals surface area contributed by atoms with Crippen molar-refractivity contribution in [2.24, 2.45) is 5.41 Å². The van der Waals surface area contributed by atoms with E-state index in [0.717, 1.165) is 32.5 Å². The van der Waals surface area contributed by atoms with Gasteiger partial charge in [0.1, 0.15) is 6.10 Å². The van der Waals surface area contributed by atoms with Gasteiger partial charge >= 0.3 is 0 Å². The molecule has 4 nitrogen and oxygen atoms in total.